The van der Waals surface area contributed by atoms with Crippen LogP contribution in [-0.2, 0) is 14.9 Å². The molecule has 1 unspecified atom stereocenters. The maximum absolute atomic E-state index is 13.6. The molecule has 5 heteroatoms. The summed E-state index contributed by atoms with van der Waals surface area (Å²) in [5, 5.41) is 12.8. The van der Waals surface area contributed by atoms with Gasteiger partial charge in [0.15, 0.2) is 0 Å². The quantitative estimate of drug-likeness (QED) is 0.845. The van der Waals surface area contributed by atoms with Crippen LogP contribution in [-0.4, -0.2) is 36.9 Å². The molecule has 0 aliphatic carbocycles. The molecule has 1 aromatic carbocycles. The van der Waals surface area contributed by atoms with Crippen molar-refractivity contribution >= 4 is 5.91 Å². The SMILES string of the molecule is CC(C)CC(O)CNC(=O)C1(c2cccc(F)c2)CCOCC1. The third kappa shape index (κ3) is 4.52. The molecule has 2 rings (SSSR count). The van der Waals surface area contributed by atoms with Gasteiger partial charge in [-0.15, -0.1) is 0 Å². The van der Waals surface area contributed by atoms with E-state index in [0.717, 1.165) is 0 Å². The number of hydrogen-bond acceptors (Lipinski definition) is 3. The van der Waals surface area contributed by atoms with Crippen LogP contribution in [0.25, 0.3) is 0 Å². The van der Waals surface area contributed by atoms with Gasteiger partial charge in [0.2, 0.25) is 5.91 Å². The molecule has 0 spiro atoms. The molecule has 0 aromatic heterocycles. The van der Waals surface area contributed by atoms with Crippen LogP contribution in [0.1, 0.15) is 38.7 Å². The number of hydrogen-bond donors (Lipinski definition) is 2. The molecule has 1 atom stereocenters. The van der Waals surface area contributed by atoms with Crippen LogP contribution in [0.5, 0.6) is 0 Å². The van der Waals surface area contributed by atoms with Crippen LogP contribution in [0.3, 0.4) is 0 Å². The molecule has 128 valence electrons. The van der Waals surface area contributed by atoms with Crippen molar-refractivity contribution in [3.05, 3.63) is 35.6 Å². The number of ether oxygens (including phenoxy) is 1. The standard InChI is InChI=1S/C18H26FNO3/c1-13(2)10-16(21)12-20-17(22)18(6-8-23-9-7-18)14-4-3-5-15(19)11-14/h3-5,11,13,16,21H,6-10,12H2,1-2H3,(H,20,22). The number of aliphatic hydroxyl groups excluding tert-OH is 1. The van der Waals surface area contributed by atoms with Crippen molar-refractivity contribution in [2.45, 2.75) is 44.6 Å². The highest BCUT2D eigenvalue weighted by atomic mass is 19.1. The first-order chi connectivity index (χ1) is 10.9. The minimum atomic E-state index is -0.780. The van der Waals surface area contributed by atoms with Crippen LogP contribution in [0.15, 0.2) is 24.3 Å². The Morgan fingerprint density at radius 3 is 2.70 bits per heavy atom. The molecule has 1 fully saturated rings. The normalized spacial score (nSPS) is 18.7. The van der Waals surface area contributed by atoms with Crippen LogP contribution in [0, 0.1) is 11.7 Å². The first kappa shape index (κ1) is 17.9. The van der Waals surface area contributed by atoms with E-state index in [4.69, 9.17) is 4.74 Å². The van der Waals surface area contributed by atoms with Crippen molar-refractivity contribution < 1.29 is 19.0 Å². The van der Waals surface area contributed by atoms with E-state index in [9.17, 15) is 14.3 Å². The number of benzene rings is 1. The molecule has 4 nitrogen and oxygen atoms in total. The minimum Gasteiger partial charge on any atom is -0.391 e. The summed E-state index contributed by atoms with van der Waals surface area (Å²) in [6.07, 6.45) is 1.10. The highest BCUT2D eigenvalue weighted by Crippen LogP contribution is 2.35. The molecule has 23 heavy (non-hydrogen) atoms. The van der Waals surface area contributed by atoms with Gasteiger partial charge in [-0.2, -0.15) is 0 Å². The molecule has 0 radical (unpaired) electrons. The Morgan fingerprint density at radius 2 is 2.09 bits per heavy atom. The molecule has 1 aliphatic heterocycles. The van der Waals surface area contributed by atoms with Crippen molar-refractivity contribution in [3.63, 3.8) is 0 Å². The maximum Gasteiger partial charge on any atom is 0.230 e. The smallest absolute Gasteiger partial charge is 0.230 e. The summed E-state index contributed by atoms with van der Waals surface area (Å²) in [7, 11) is 0. The van der Waals surface area contributed by atoms with E-state index < -0.39 is 11.5 Å². The van der Waals surface area contributed by atoms with Gasteiger partial charge < -0.3 is 15.2 Å². The third-order valence-electron chi connectivity index (χ3n) is 4.40. The maximum atomic E-state index is 13.6. The van der Waals surface area contributed by atoms with Crippen LogP contribution >= 0.6 is 0 Å². The zero-order valence-corrected chi connectivity index (χ0v) is 13.8. The number of carbonyl (C=O) groups excluding carboxylic acids is 1. The Balaban J connectivity index is 2.13. The zero-order chi connectivity index (χ0) is 16.9. The number of aliphatic hydroxyl groups is 1. The predicted octanol–water partition coefficient (Wildman–Crippen LogP) is 2.40. The highest BCUT2D eigenvalue weighted by Gasteiger charge is 2.41. The van der Waals surface area contributed by atoms with Crippen molar-refractivity contribution in [1.82, 2.24) is 5.32 Å². The summed E-state index contributed by atoms with van der Waals surface area (Å²) in [5.74, 6) is -0.141. The molecular weight excluding hydrogens is 297 g/mol. The Bertz CT molecular complexity index is 527. The van der Waals surface area contributed by atoms with Gasteiger partial charge >= 0.3 is 0 Å². The number of halogens is 1. The van der Waals surface area contributed by atoms with E-state index in [1.54, 1.807) is 12.1 Å². The summed E-state index contributed by atoms with van der Waals surface area (Å²) >= 11 is 0. The van der Waals surface area contributed by atoms with Gasteiger partial charge in [0.25, 0.3) is 0 Å². The Labute approximate surface area is 137 Å². The first-order valence-corrected chi connectivity index (χ1v) is 8.24. The molecule has 2 N–H and O–H groups in total. The fourth-order valence-electron chi connectivity index (χ4n) is 3.16. The summed E-state index contributed by atoms with van der Waals surface area (Å²) in [6, 6.07) is 6.22. The third-order valence-corrected chi connectivity index (χ3v) is 4.40. The van der Waals surface area contributed by atoms with Gasteiger partial charge in [0.05, 0.1) is 11.5 Å². The number of amides is 1. The van der Waals surface area contributed by atoms with Gasteiger partial charge in [0.1, 0.15) is 5.82 Å². The van der Waals surface area contributed by atoms with Crippen LogP contribution < -0.4 is 5.32 Å². The zero-order valence-electron chi connectivity index (χ0n) is 13.8. The van der Waals surface area contributed by atoms with Crippen molar-refractivity contribution in [2.24, 2.45) is 5.92 Å². The number of carbonyl (C=O) groups is 1. The molecule has 1 amide bonds. The monoisotopic (exact) mass is 323 g/mol. The molecular formula is C18H26FNO3. The second-order valence-electron chi connectivity index (χ2n) is 6.70. The summed E-state index contributed by atoms with van der Waals surface area (Å²) in [6.45, 7) is 5.21. The summed E-state index contributed by atoms with van der Waals surface area (Å²) in [4.78, 5) is 12.8. The molecule has 0 bridgehead atoms. The van der Waals surface area contributed by atoms with E-state index in [0.29, 0.717) is 44.0 Å². The summed E-state index contributed by atoms with van der Waals surface area (Å²) in [5.41, 5.74) is -0.102. The molecule has 0 saturated carbocycles. The fraction of sp³-hybridized carbons (Fsp3) is 0.611. The van der Waals surface area contributed by atoms with E-state index in [-0.39, 0.29) is 18.3 Å². The van der Waals surface area contributed by atoms with Gasteiger partial charge in [-0.3, -0.25) is 4.79 Å². The summed E-state index contributed by atoms with van der Waals surface area (Å²) < 4.78 is 19.0. The molecule has 1 heterocycles. The van der Waals surface area contributed by atoms with Crippen LogP contribution in [0.2, 0.25) is 0 Å². The van der Waals surface area contributed by atoms with Gasteiger partial charge in [-0.05, 0) is 42.9 Å². The van der Waals surface area contributed by atoms with E-state index in [1.165, 1.54) is 12.1 Å². The second kappa shape index (κ2) is 7.88. The molecule has 1 aromatic rings. The van der Waals surface area contributed by atoms with E-state index >= 15 is 0 Å². The minimum absolute atomic E-state index is 0.158. The average molecular weight is 323 g/mol. The Morgan fingerprint density at radius 1 is 1.39 bits per heavy atom. The average Bonchev–Trinajstić information content (AvgIpc) is 2.52. The molecule has 1 aliphatic rings. The van der Waals surface area contributed by atoms with Gasteiger partial charge in [-0.1, -0.05) is 26.0 Å². The van der Waals surface area contributed by atoms with E-state index in [1.807, 2.05) is 13.8 Å². The van der Waals surface area contributed by atoms with E-state index in [2.05, 4.69) is 5.32 Å². The van der Waals surface area contributed by atoms with Gasteiger partial charge in [0, 0.05) is 19.8 Å². The lowest BCUT2D eigenvalue weighted by Gasteiger charge is -2.36. The first-order valence-electron chi connectivity index (χ1n) is 8.24. The number of nitrogens with one attached hydrogen (secondary N) is 1. The molecule has 1 saturated heterocycles. The Hall–Kier alpha value is -1.46. The predicted molar refractivity (Wildman–Crippen MR) is 86.6 cm³/mol. The Kier molecular flexibility index (Phi) is 6.13. The van der Waals surface area contributed by atoms with Crippen LogP contribution in [0.4, 0.5) is 4.39 Å². The largest absolute Gasteiger partial charge is 0.391 e. The van der Waals surface area contributed by atoms with Gasteiger partial charge in [-0.25, -0.2) is 4.39 Å². The topological polar surface area (TPSA) is 58.6 Å². The second-order valence-corrected chi connectivity index (χ2v) is 6.70. The van der Waals surface area contributed by atoms with Crippen molar-refractivity contribution in [3.8, 4) is 0 Å². The number of rotatable bonds is 6. The lowest BCUT2D eigenvalue weighted by molar-refractivity contribution is -0.131. The highest BCUT2D eigenvalue weighted by molar-refractivity contribution is 5.88. The van der Waals surface area contributed by atoms with Crippen molar-refractivity contribution in [1.29, 1.82) is 0 Å². The lowest BCUT2D eigenvalue weighted by atomic mass is 9.73. The fourth-order valence-corrected chi connectivity index (χ4v) is 3.16. The lowest BCUT2D eigenvalue weighted by Crippen LogP contribution is -2.49. The van der Waals surface area contributed by atoms with Crippen molar-refractivity contribution in [2.75, 3.05) is 19.8 Å².